The fraction of sp³-hybridized carbons (Fsp3) is 0.588. The van der Waals surface area contributed by atoms with Gasteiger partial charge in [0.2, 0.25) is 0 Å². The summed E-state index contributed by atoms with van der Waals surface area (Å²) in [5.74, 6) is 0. The van der Waals surface area contributed by atoms with Gasteiger partial charge in [0.05, 0.1) is 0 Å². The van der Waals surface area contributed by atoms with Crippen LogP contribution >= 0.6 is 0 Å². The van der Waals surface area contributed by atoms with Gasteiger partial charge in [-0.1, -0.05) is 28.9 Å². The van der Waals surface area contributed by atoms with E-state index >= 15 is 0 Å². The van der Waals surface area contributed by atoms with Crippen molar-refractivity contribution in [1.82, 2.24) is 5.32 Å². The summed E-state index contributed by atoms with van der Waals surface area (Å²) in [5, 5.41) is 2.42. The molecule has 0 atom stereocenters. The summed E-state index contributed by atoms with van der Waals surface area (Å²) in [6.07, 6.45) is 10.5. The Balaban J connectivity index is 3.88. The Labute approximate surface area is 123 Å². The third-order valence-corrected chi connectivity index (χ3v) is 2.97. The van der Waals surface area contributed by atoms with Gasteiger partial charge in [-0.25, -0.2) is 4.79 Å². The van der Waals surface area contributed by atoms with Crippen molar-refractivity contribution < 1.29 is 9.53 Å². The second kappa shape index (κ2) is 11.3. The molecule has 1 amide bonds. The largest absolute Gasteiger partial charge is 0.445 e. The number of allylic oxidation sites excluding steroid dienone is 5. The average Bonchev–Trinajstić information content (AvgIpc) is 2.38. The molecule has 0 unspecified atom stereocenters. The van der Waals surface area contributed by atoms with Gasteiger partial charge in [-0.15, -0.1) is 0 Å². The van der Waals surface area contributed by atoms with E-state index < -0.39 is 0 Å². The Morgan fingerprint density at radius 2 is 1.50 bits per heavy atom. The van der Waals surface area contributed by atoms with Gasteiger partial charge in [0.15, 0.2) is 0 Å². The summed E-state index contributed by atoms with van der Waals surface area (Å²) in [7, 11) is 1.56. The molecular formula is C17H29NO2. The molecule has 0 aliphatic heterocycles. The van der Waals surface area contributed by atoms with Gasteiger partial charge in [0.1, 0.15) is 6.61 Å². The number of amides is 1. The van der Waals surface area contributed by atoms with Crippen molar-refractivity contribution in [2.75, 3.05) is 13.7 Å². The molecule has 0 bridgehead atoms. The first-order chi connectivity index (χ1) is 9.45. The molecule has 3 heteroatoms. The number of alkyl carbamates (subject to hydrolysis) is 1. The van der Waals surface area contributed by atoms with Crippen LogP contribution in [0.25, 0.3) is 0 Å². The second-order valence-corrected chi connectivity index (χ2v) is 5.31. The van der Waals surface area contributed by atoms with Gasteiger partial charge in [-0.3, -0.25) is 0 Å². The Morgan fingerprint density at radius 1 is 0.950 bits per heavy atom. The standard InChI is InChI=1S/C17H29NO2/c1-14(2)8-6-9-15(3)10-7-11-16(4)12-13-20-17(19)18-5/h8,10,12H,6-7,9,11,13H2,1-5H3,(H,18,19). The van der Waals surface area contributed by atoms with Crippen molar-refractivity contribution in [2.24, 2.45) is 0 Å². The molecule has 0 aliphatic rings. The molecule has 0 saturated heterocycles. The van der Waals surface area contributed by atoms with Crippen molar-refractivity contribution in [1.29, 1.82) is 0 Å². The molecular weight excluding hydrogens is 250 g/mol. The number of ether oxygens (including phenoxy) is 1. The molecule has 0 heterocycles. The molecule has 3 nitrogen and oxygen atoms in total. The fourth-order valence-electron chi connectivity index (χ4n) is 1.67. The van der Waals surface area contributed by atoms with E-state index in [1.54, 1.807) is 7.05 Å². The molecule has 0 rings (SSSR count). The Hall–Kier alpha value is -1.51. The van der Waals surface area contributed by atoms with Gasteiger partial charge < -0.3 is 10.1 Å². The first-order valence-corrected chi connectivity index (χ1v) is 7.24. The maximum atomic E-state index is 10.9. The first kappa shape index (κ1) is 18.5. The number of nitrogens with one attached hydrogen (secondary N) is 1. The van der Waals surface area contributed by atoms with Crippen molar-refractivity contribution in [3.63, 3.8) is 0 Å². The Bertz CT molecular complexity index is 374. The van der Waals surface area contributed by atoms with Crippen LogP contribution in [-0.2, 0) is 4.74 Å². The zero-order valence-corrected chi connectivity index (χ0v) is 13.6. The highest BCUT2D eigenvalue weighted by Gasteiger charge is 1.95. The van der Waals surface area contributed by atoms with E-state index in [0.29, 0.717) is 6.61 Å². The predicted octanol–water partition coefficient (Wildman–Crippen LogP) is 4.76. The van der Waals surface area contributed by atoms with Crippen LogP contribution in [0.5, 0.6) is 0 Å². The molecule has 0 spiro atoms. The summed E-state index contributed by atoms with van der Waals surface area (Å²) < 4.78 is 4.92. The zero-order valence-electron chi connectivity index (χ0n) is 13.6. The molecule has 0 aromatic rings. The molecule has 0 saturated carbocycles. The maximum Gasteiger partial charge on any atom is 0.407 e. The van der Waals surface area contributed by atoms with Crippen LogP contribution in [0.4, 0.5) is 4.79 Å². The minimum absolute atomic E-state index is 0.342. The van der Waals surface area contributed by atoms with Crippen LogP contribution in [0.15, 0.2) is 34.9 Å². The molecule has 20 heavy (non-hydrogen) atoms. The monoisotopic (exact) mass is 279 g/mol. The summed E-state index contributed by atoms with van der Waals surface area (Å²) in [6.45, 7) is 8.86. The van der Waals surface area contributed by atoms with E-state index in [2.05, 4.69) is 45.2 Å². The molecule has 0 aliphatic carbocycles. The smallest absolute Gasteiger partial charge is 0.407 e. The third-order valence-electron chi connectivity index (χ3n) is 2.97. The van der Waals surface area contributed by atoms with Gasteiger partial charge in [0, 0.05) is 7.05 Å². The predicted molar refractivity (Wildman–Crippen MR) is 85.8 cm³/mol. The van der Waals surface area contributed by atoms with E-state index in [1.807, 2.05) is 6.08 Å². The van der Waals surface area contributed by atoms with Crippen LogP contribution in [0.3, 0.4) is 0 Å². The molecule has 1 N–H and O–H groups in total. The highest BCUT2D eigenvalue weighted by atomic mass is 16.5. The van der Waals surface area contributed by atoms with Crippen LogP contribution in [0, 0.1) is 0 Å². The normalized spacial score (nSPS) is 12.1. The van der Waals surface area contributed by atoms with Gasteiger partial charge >= 0.3 is 6.09 Å². The van der Waals surface area contributed by atoms with Crippen LogP contribution in [-0.4, -0.2) is 19.7 Å². The van der Waals surface area contributed by atoms with E-state index in [4.69, 9.17) is 4.74 Å². The zero-order chi connectivity index (χ0) is 15.4. The Morgan fingerprint density at radius 3 is 2.05 bits per heavy atom. The lowest BCUT2D eigenvalue weighted by Gasteiger charge is -2.03. The summed E-state index contributed by atoms with van der Waals surface area (Å²) in [6, 6.07) is 0. The van der Waals surface area contributed by atoms with Gasteiger partial charge in [0.25, 0.3) is 0 Å². The molecule has 0 radical (unpaired) electrons. The lowest BCUT2D eigenvalue weighted by atomic mass is 10.1. The number of carbonyl (C=O) groups is 1. The quantitative estimate of drug-likeness (QED) is 0.650. The van der Waals surface area contributed by atoms with E-state index in [9.17, 15) is 4.79 Å². The number of rotatable bonds is 8. The highest BCUT2D eigenvalue weighted by Crippen LogP contribution is 2.11. The number of carbonyl (C=O) groups excluding carboxylic acids is 1. The Kier molecular flexibility index (Phi) is 10.5. The third kappa shape index (κ3) is 11.6. The van der Waals surface area contributed by atoms with Crippen LogP contribution in [0.2, 0.25) is 0 Å². The van der Waals surface area contributed by atoms with Gasteiger partial charge in [-0.05, 0) is 59.5 Å². The van der Waals surface area contributed by atoms with Crippen molar-refractivity contribution in [2.45, 2.75) is 53.4 Å². The fourth-order valence-corrected chi connectivity index (χ4v) is 1.67. The van der Waals surface area contributed by atoms with E-state index in [0.717, 1.165) is 25.7 Å². The van der Waals surface area contributed by atoms with Crippen molar-refractivity contribution >= 4 is 6.09 Å². The topological polar surface area (TPSA) is 38.3 Å². The SMILES string of the molecule is CNC(=O)OCC=C(C)CCC=C(C)CCC=C(C)C. The summed E-state index contributed by atoms with van der Waals surface area (Å²) >= 11 is 0. The highest BCUT2D eigenvalue weighted by molar-refractivity contribution is 5.66. The van der Waals surface area contributed by atoms with Crippen LogP contribution < -0.4 is 5.32 Å². The number of hydrogen-bond acceptors (Lipinski definition) is 2. The first-order valence-electron chi connectivity index (χ1n) is 7.24. The lowest BCUT2D eigenvalue weighted by molar-refractivity contribution is 0.160. The molecule has 0 aromatic heterocycles. The van der Waals surface area contributed by atoms with Crippen molar-refractivity contribution in [3.05, 3.63) is 34.9 Å². The number of hydrogen-bond donors (Lipinski definition) is 1. The second-order valence-electron chi connectivity index (χ2n) is 5.31. The molecule has 0 fully saturated rings. The maximum absolute atomic E-state index is 10.9. The summed E-state index contributed by atoms with van der Waals surface area (Å²) in [4.78, 5) is 10.9. The molecule has 0 aromatic carbocycles. The minimum atomic E-state index is -0.385. The van der Waals surface area contributed by atoms with Crippen molar-refractivity contribution in [3.8, 4) is 0 Å². The average molecular weight is 279 g/mol. The molecule has 114 valence electrons. The van der Waals surface area contributed by atoms with Crippen LogP contribution in [0.1, 0.15) is 53.4 Å². The van der Waals surface area contributed by atoms with E-state index in [-0.39, 0.29) is 6.09 Å². The van der Waals surface area contributed by atoms with E-state index in [1.165, 1.54) is 16.7 Å². The van der Waals surface area contributed by atoms with Gasteiger partial charge in [-0.2, -0.15) is 0 Å². The lowest BCUT2D eigenvalue weighted by Crippen LogP contribution is -2.19. The summed E-state index contributed by atoms with van der Waals surface area (Å²) in [5.41, 5.74) is 4.08. The minimum Gasteiger partial charge on any atom is -0.445 e.